The molecule has 0 aromatic heterocycles. The molecule has 3 rings (SSSR count). The van der Waals surface area contributed by atoms with E-state index >= 15 is 0 Å². The van der Waals surface area contributed by atoms with Gasteiger partial charge in [0.25, 0.3) is 16.0 Å². The van der Waals surface area contributed by atoms with Gasteiger partial charge in [-0.05, 0) is 42.5 Å². The van der Waals surface area contributed by atoms with Crippen LogP contribution in [0.25, 0.3) is 10.8 Å². The standard InChI is InChI=1S/C17H14N2O5S/c18-11-6-4-10(5-7-11)17(21)19-13-3-1-2-12-15(25(22,23)24)9-8-14(20)16(12)13/h1-9,20H,18H2,(H,19,21)(H,22,23,24). The molecule has 3 aromatic carbocycles. The van der Waals surface area contributed by atoms with Gasteiger partial charge < -0.3 is 16.2 Å². The van der Waals surface area contributed by atoms with E-state index in [1.54, 1.807) is 24.3 Å². The van der Waals surface area contributed by atoms with Crippen molar-refractivity contribution in [3.63, 3.8) is 0 Å². The normalized spacial score (nSPS) is 11.4. The summed E-state index contributed by atoms with van der Waals surface area (Å²) in [4.78, 5) is 12.0. The van der Waals surface area contributed by atoms with Crippen molar-refractivity contribution in [1.29, 1.82) is 0 Å². The molecule has 0 atom stereocenters. The quantitative estimate of drug-likeness (QED) is 0.421. The molecule has 1 amide bonds. The van der Waals surface area contributed by atoms with Crippen LogP contribution in [0.5, 0.6) is 5.75 Å². The molecular formula is C17H14N2O5S. The van der Waals surface area contributed by atoms with Gasteiger partial charge in [0.15, 0.2) is 0 Å². The van der Waals surface area contributed by atoms with Crippen molar-refractivity contribution in [1.82, 2.24) is 0 Å². The molecule has 0 aliphatic carbocycles. The monoisotopic (exact) mass is 358 g/mol. The van der Waals surface area contributed by atoms with Gasteiger partial charge in [0.1, 0.15) is 10.6 Å². The first kappa shape index (κ1) is 16.7. The molecular weight excluding hydrogens is 344 g/mol. The average molecular weight is 358 g/mol. The second-order valence-electron chi connectivity index (χ2n) is 5.36. The lowest BCUT2D eigenvalue weighted by atomic mass is 10.1. The van der Waals surface area contributed by atoms with Crippen molar-refractivity contribution in [2.24, 2.45) is 0 Å². The largest absolute Gasteiger partial charge is 0.507 e. The molecule has 0 radical (unpaired) electrons. The molecule has 5 N–H and O–H groups in total. The van der Waals surface area contributed by atoms with Crippen LogP contribution >= 0.6 is 0 Å². The first-order chi connectivity index (χ1) is 11.8. The Labute approximate surface area is 143 Å². The minimum absolute atomic E-state index is 0.0950. The number of rotatable bonds is 3. The Hall–Kier alpha value is -3.10. The topological polar surface area (TPSA) is 130 Å². The van der Waals surface area contributed by atoms with Crippen molar-refractivity contribution in [2.45, 2.75) is 4.90 Å². The molecule has 0 heterocycles. The lowest BCUT2D eigenvalue weighted by Gasteiger charge is -2.12. The number of nitrogen functional groups attached to an aromatic ring is 1. The Morgan fingerprint density at radius 3 is 2.32 bits per heavy atom. The van der Waals surface area contributed by atoms with Gasteiger partial charge in [-0.3, -0.25) is 9.35 Å². The molecule has 0 aliphatic heterocycles. The van der Waals surface area contributed by atoms with E-state index in [2.05, 4.69) is 5.32 Å². The molecule has 0 fully saturated rings. The predicted molar refractivity (Wildman–Crippen MR) is 94.2 cm³/mol. The second kappa shape index (κ2) is 6.08. The molecule has 128 valence electrons. The Kier molecular flexibility index (Phi) is 4.07. The first-order valence-electron chi connectivity index (χ1n) is 7.16. The summed E-state index contributed by atoms with van der Waals surface area (Å²) < 4.78 is 32.4. The van der Waals surface area contributed by atoms with E-state index in [9.17, 15) is 22.9 Å². The van der Waals surface area contributed by atoms with Crippen molar-refractivity contribution >= 4 is 38.2 Å². The van der Waals surface area contributed by atoms with Crippen molar-refractivity contribution in [2.75, 3.05) is 11.1 Å². The molecule has 8 heteroatoms. The Balaban J connectivity index is 2.11. The molecule has 3 aromatic rings. The van der Waals surface area contributed by atoms with Gasteiger partial charge in [0.2, 0.25) is 0 Å². The van der Waals surface area contributed by atoms with Crippen LogP contribution in [-0.4, -0.2) is 24.0 Å². The summed E-state index contributed by atoms with van der Waals surface area (Å²) in [7, 11) is -4.49. The maximum absolute atomic E-state index is 12.4. The summed E-state index contributed by atoms with van der Waals surface area (Å²) in [6.07, 6.45) is 0. The fourth-order valence-electron chi connectivity index (χ4n) is 2.52. The van der Waals surface area contributed by atoms with Gasteiger partial charge >= 0.3 is 0 Å². The Bertz CT molecular complexity index is 1080. The number of carbonyl (C=O) groups excluding carboxylic acids is 1. The number of carbonyl (C=O) groups is 1. The lowest BCUT2D eigenvalue weighted by Crippen LogP contribution is -2.12. The second-order valence-corrected chi connectivity index (χ2v) is 6.75. The summed E-state index contributed by atoms with van der Waals surface area (Å²) in [6, 6.07) is 12.9. The SMILES string of the molecule is Nc1ccc(C(=O)Nc2cccc3c(S(=O)(=O)O)ccc(O)c23)cc1. The summed E-state index contributed by atoms with van der Waals surface area (Å²) in [5.74, 6) is -0.681. The van der Waals surface area contributed by atoms with Gasteiger partial charge in [0, 0.05) is 22.0 Å². The maximum atomic E-state index is 12.4. The van der Waals surface area contributed by atoms with Gasteiger partial charge in [-0.15, -0.1) is 0 Å². The number of hydrogen-bond donors (Lipinski definition) is 4. The summed E-state index contributed by atoms with van der Waals surface area (Å²) in [5, 5.41) is 12.9. The van der Waals surface area contributed by atoms with Crippen LogP contribution in [0.15, 0.2) is 59.5 Å². The number of nitrogens with two attached hydrogens (primary N) is 1. The lowest BCUT2D eigenvalue weighted by molar-refractivity contribution is 0.102. The van der Waals surface area contributed by atoms with Crippen LogP contribution in [0, 0.1) is 0 Å². The van der Waals surface area contributed by atoms with Crippen LogP contribution in [0.1, 0.15) is 10.4 Å². The fraction of sp³-hybridized carbons (Fsp3) is 0. The van der Waals surface area contributed by atoms with Crippen molar-refractivity contribution in [3.05, 3.63) is 60.2 Å². The number of phenols is 1. The predicted octanol–water partition coefficient (Wildman–Crippen LogP) is 2.63. The molecule has 0 saturated heterocycles. The highest BCUT2D eigenvalue weighted by Crippen LogP contribution is 2.35. The van der Waals surface area contributed by atoms with Gasteiger partial charge in [0.05, 0.1) is 5.69 Å². The zero-order valence-electron chi connectivity index (χ0n) is 12.8. The Morgan fingerprint density at radius 1 is 1.00 bits per heavy atom. The van der Waals surface area contributed by atoms with Crippen molar-refractivity contribution in [3.8, 4) is 5.75 Å². The highest BCUT2D eigenvalue weighted by Gasteiger charge is 2.18. The van der Waals surface area contributed by atoms with Crippen LogP contribution in [0.3, 0.4) is 0 Å². The molecule has 0 bridgehead atoms. The van der Waals surface area contributed by atoms with E-state index in [0.717, 1.165) is 12.1 Å². The molecule has 0 saturated carbocycles. The Morgan fingerprint density at radius 2 is 1.68 bits per heavy atom. The van der Waals surface area contributed by atoms with E-state index in [1.165, 1.54) is 18.2 Å². The number of aromatic hydroxyl groups is 1. The minimum Gasteiger partial charge on any atom is -0.507 e. The molecule has 0 aliphatic rings. The number of fused-ring (bicyclic) bond motifs is 1. The number of benzene rings is 3. The molecule has 0 unspecified atom stereocenters. The highest BCUT2D eigenvalue weighted by atomic mass is 32.2. The first-order valence-corrected chi connectivity index (χ1v) is 8.60. The summed E-state index contributed by atoms with van der Waals surface area (Å²) >= 11 is 0. The summed E-state index contributed by atoms with van der Waals surface area (Å²) in [5.41, 5.74) is 6.65. The van der Waals surface area contributed by atoms with Gasteiger partial charge in [-0.25, -0.2) is 0 Å². The van der Waals surface area contributed by atoms with E-state index in [-0.39, 0.29) is 27.1 Å². The van der Waals surface area contributed by atoms with Crippen LogP contribution < -0.4 is 11.1 Å². The number of amides is 1. The fourth-order valence-corrected chi connectivity index (χ4v) is 3.21. The molecule has 25 heavy (non-hydrogen) atoms. The van der Waals surface area contributed by atoms with E-state index < -0.39 is 16.0 Å². The van der Waals surface area contributed by atoms with Gasteiger partial charge in [-0.2, -0.15) is 8.42 Å². The van der Waals surface area contributed by atoms with E-state index in [0.29, 0.717) is 11.3 Å². The minimum atomic E-state index is -4.49. The average Bonchev–Trinajstić information content (AvgIpc) is 2.54. The third-order valence-corrected chi connectivity index (χ3v) is 4.59. The van der Waals surface area contributed by atoms with Gasteiger partial charge in [-0.1, -0.05) is 12.1 Å². The van der Waals surface area contributed by atoms with Crippen LogP contribution in [0.4, 0.5) is 11.4 Å². The van der Waals surface area contributed by atoms with Crippen LogP contribution in [-0.2, 0) is 10.1 Å². The zero-order chi connectivity index (χ0) is 18.2. The van der Waals surface area contributed by atoms with E-state index in [4.69, 9.17) is 5.73 Å². The summed E-state index contributed by atoms with van der Waals surface area (Å²) in [6.45, 7) is 0. The molecule has 0 spiro atoms. The molecule has 7 nitrogen and oxygen atoms in total. The van der Waals surface area contributed by atoms with Crippen molar-refractivity contribution < 1.29 is 22.9 Å². The zero-order valence-corrected chi connectivity index (χ0v) is 13.6. The highest BCUT2D eigenvalue weighted by molar-refractivity contribution is 7.86. The van der Waals surface area contributed by atoms with Crippen LogP contribution in [0.2, 0.25) is 0 Å². The number of anilines is 2. The third kappa shape index (κ3) is 3.25. The third-order valence-electron chi connectivity index (χ3n) is 3.68. The number of phenolic OH excluding ortho intramolecular Hbond substituents is 1. The number of hydrogen-bond acceptors (Lipinski definition) is 5. The maximum Gasteiger partial charge on any atom is 0.295 e. The number of nitrogens with one attached hydrogen (secondary N) is 1. The van der Waals surface area contributed by atoms with E-state index in [1.807, 2.05) is 0 Å². The smallest absolute Gasteiger partial charge is 0.295 e.